The predicted molar refractivity (Wildman–Crippen MR) is 459 cm³/mol. The lowest BCUT2D eigenvalue weighted by atomic mass is 9.97. The SMILES string of the molecule is CCCCCCCCCCCC(CC(=O)N[C@@H](CCC(=O)NC(c1ccc(OC)cc1)c1ccc(OC)cc1)C(=O)N[C@@H](CC(C)C)C(=O)N[C@H](CC(C)C)C(=O)OCc1ccccc1)OC(=O)[C@@H](NC(=O)[C@@H](CC(C)C)NC(=O)[C@H](CC(=O)OC(C)(C)C)NC(=O)[C@@H](NC(=O)C(=O)OCC1c2ccccc2-c2ccccc21)C(C)C)[C@@H](C)CC. The average Bonchev–Trinajstić information content (AvgIpc) is 1.61. The number of fused-ring (bicyclic) bond motifs is 3. The lowest BCUT2D eigenvalue weighted by molar-refractivity contribution is -0.158. The van der Waals surface area contributed by atoms with Gasteiger partial charge in [0.2, 0.25) is 41.4 Å². The van der Waals surface area contributed by atoms with Gasteiger partial charge < -0.3 is 71.0 Å². The molecule has 0 spiro atoms. The number of carbonyl (C=O) groups excluding carboxylic acids is 12. The molecule has 0 saturated carbocycles. The normalized spacial score (nSPS) is 14.1. The van der Waals surface area contributed by atoms with Crippen LogP contribution in [0, 0.1) is 29.6 Å². The molecule has 1 aliphatic carbocycles. The molecule has 0 saturated heterocycles. The highest BCUT2D eigenvalue weighted by atomic mass is 16.6. The minimum absolute atomic E-state index is 0.0210. The minimum Gasteiger partial charge on any atom is -0.497 e. The molecule has 0 fully saturated rings. The number of amides is 8. The fourth-order valence-electron chi connectivity index (χ4n) is 14.4. The van der Waals surface area contributed by atoms with Crippen LogP contribution in [0.15, 0.2) is 127 Å². The van der Waals surface area contributed by atoms with Crippen molar-refractivity contribution >= 4 is 71.1 Å². The second-order valence-corrected chi connectivity index (χ2v) is 34.0. The third-order valence-corrected chi connectivity index (χ3v) is 21.0. The highest BCUT2D eigenvalue weighted by molar-refractivity contribution is 6.33. The van der Waals surface area contributed by atoms with Crippen LogP contribution in [0.4, 0.5) is 0 Å². The van der Waals surface area contributed by atoms with Gasteiger partial charge in [-0.2, -0.15) is 0 Å². The van der Waals surface area contributed by atoms with Crippen LogP contribution in [-0.4, -0.2) is 146 Å². The summed E-state index contributed by atoms with van der Waals surface area (Å²) in [7, 11) is 3.08. The number of hydrogen-bond donors (Lipinski definition) is 8. The highest BCUT2D eigenvalue weighted by Crippen LogP contribution is 2.44. The van der Waals surface area contributed by atoms with E-state index in [1.165, 1.54) is 0 Å². The Morgan fingerprint density at radius 3 is 1.42 bits per heavy atom. The molecule has 656 valence electrons. The summed E-state index contributed by atoms with van der Waals surface area (Å²) in [5.74, 6) is -11.6. The van der Waals surface area contributed by atoms with Crippen molar-refractivity contribution in [2.45, 2.75) is 285 Å². The third kappa shape index (κ3) is 32.8. The van der Waals surface area contributed by atoms with Crippen molar-refractivity contribution in [1.82, 2.24) is 42.5 Å². The topological polar surface area (TPSA) is 356 Å². The van der Waals surface area contributed by atoms with Crippen LogP contribution in [-0.2, 0) is 83.1 Å². The van der Waals surface area contributed by atoms with Gasteiger partial charge in [-0.05, 0) is 152 Å². The van der Waals surface area contributed by atoms with Crippen LogP contribution in [0.3, 0.4) is 0 Å². The number of unbranched alkanes of at least 4 members (excludes halogenated alkanes) is 8. The fourth-order valence-corrected chi connectivity index (χ4v) is 14.4. The Balaban J connectivity index is 1.26. The first-order valence-electron chi connectivity index (χ1n) is 42.8. The number of nitrogens with one attached hydrogen (secondary N) is 8. The standard InChI is InChI=1S/C94H132N8O18/c1-17-19-20-21-22-23-24-25-29-36-68(54-80(104)95-74(49-50-79(103)100-84(64-41-45-66(115-15)46-42-64)65-43-47-67(116-16)48-44-65)85(106)96-75(51-58(3)4)86(107)99-78(53-60(7)8)91(112)117-56-63-34-27-26-28-35-63)119-92(113)83(62(11)18-2)102-88(109)76(52-59(5)6)97-87(108)77(55-81(105)120-94(12,13)14)98-89(110)82(61(9)10)101-90(111)93(114)118-57-73-71-39-32-30-37-69(71)70-38-31-33-40-72(70)73/h26-28,30-35,37-48,58-62,68,73-78,82-84H,17-25,29,36,49-57H2,1-16H3,(H,95,104)(H,96,106)(H,97,108)(H,98,110)(H,99,107)(H,100,103)(H,101,111)(H,102,109)/t62-,68?,74-,75-,76+,77-,78+,82-,83-/m0/s1. The van der Waals surface area contributed by atoms with Crippen molar-refractivity contribution in [2.24, 2.45) is 29.6 Å². The van der Waals surface area contributed by atoms with Gasteiger partial charge in [0, 0.05) is 12.3 Å². The summed E-state index contributed by atoms with van der Waals surface area (Å²) in [6, 6.07) is 28.2. The number of esters is 4. The first-order chi connectivity index (χ1) is 57.1. The van der Waals surface area contributed by atoms with Gasteiger partial charge in [-0.3, -0.25) is 43.2 Å². The molecule has 8 N–H and O–H groups in total. The van der Waals surface area contributed by atoms with Crippen molar-refractivity contribution in [3.63, 3.8) is 0 Å². The zero-order valence-electron chi connectivity index (χ0n) is 73.3. The van der Waals surface area contributed by atoms with Crippen LogP contribution < -0.4 is 52.0 Å². The molecule has 0 aromatic heterocycles. The van der Waals surface area contributed by atoms with Gasteiger partial charge in [0.15, 0.2) is 0 Å². The highest BCUT2D eigenvalue weighted by Gasteiger charge is 2.40. The van der Waals surface area contributed by atoms with E-state index in [0.29, 0.717) is 41.9 Å². The Hall–Kier alpha value is -10.7. The largest absolute Gasteiger partial charge is 0.497 e. The molecule has 26 nitrogen and oxygen atoms in total. The van der Waals surface area contributed by atoms with E-state index in [1.54, 1.807) is 101 Å². The van der Waals surface area contributed by atoms with Crippen molar-refractivity contribution in [3.8, 4) is 22.6 Å². The van der Waals surface area contributed by atoms with E-state index >= 15 is 14.4 Å². The summed E-state index contributed by atoms with van der Waals surface area (Å²) >= 11 is 0. The van der Waals surface area contributed by atoms with Crippen LogP contribution in [0.1, 0.15) is 252 Å². The number of methoxy groups -OCH3 is 2. The first-order valence-corrected chi connectivity index (χ1v) is 42.8. The van der Waals surface area contributed by atoms with Gasteiger partial charge >= 0.3 is 29.8 Å². The van der Waals surface area contributed by atoms with Crippen LogP contribution in [0.2, 0.25) is 0 Å². The van der Waals surface area contributed by atoms with Gasteiger partial charge in [0.25, 0.3) is 0 Å². The molecular weight excluding hydrogens is 1530 g/mol. The Morgan fingerprint density at radius 1 is 0.433 bits per heavy atom. The molecule has 5 aromatic carbocycles. The molecule has 0 bridgehead atoms. The van der Waals surface area contributed by atoms with Gasteiger partial charge in [0.1, 0.15) is 78.7 Å². The van der Waals surface area contributed by atoms with Crippen LogP contribution >= 0.6 is 0 Å². The number of ether oxygens (including phenoxy) is 6. The summed E-state index contributed by atoms with van der Waals surface area (Å²) in [6.45, 7) is 24.6. The lowest BCUT2D eigenvalue weighted by Gasteiger charge is -2.30. The lowest BCUT2D eigenvalue weighted by Crippen LogP contribution is -2.60. The summed E-state index contributed by atoms with van der Waals surface area (Å²) in [5, 5.41) is 22.2. The summed E-state index contributed by atoms with van der Waals surface area (Å²) in [4.78, 5) is 173. The van der Waals surface area contributed by atoms with Crippen molar-refractivity contribution in [2.75, 3.05) is 20.8 Å². The molecule has 8 amide bonds. The Bertz CT molecular complexity index is 4050. The van der Waals surface area contributed by atoms with E-state index in [9.17, 15) is 43.2 Å². The van der Waals surface area contributed by atoms with Gasteiger partial charge in [-0.15, -0.1) is 0 Å². The fraction of sp³-hybridized carbons (Fsp3) is 0.553. The smallest absolute Gasteiger partial charge is 0.396 e. The van der Waals surface area contributed by atoms with Crippen LogP contribution in [0.5, 0.6) is 11.5 Å². The number of rotatable bonds is 50. The van der Waals surface area contributed by atoms with Crippen molar-refractivity contribution in [1.29, 1.82) is 0 Å². The summed E-state index contributed by atoms with van der Waals surface area (Å²) < 4.78 is 34.2. The maximum Gasteiger partial charge on any atom is 0.396 e. The molecule has 0 heterocycles. The molecule has 6 rings (SSSR count). The molecule has 1 unspecified atom stereocenters. The minimum atomic E-state index is -1.73. The Labute approximate surface area is 709 Å². The van der Waals surface area contributed by atoms with Crippen molar-refractivity contribution in [3.05, 3.63) is 155 Å². The second-order valence-electron chi connectivity index (χ2n) is 34.0. The summed E-state index contributed by atoms with van der Waals surface area (Å²) in [5.41, 5.74) is 4.88. The molecule has 1 aliphatic rings. The third-order valence-electron chi connectivity index (χ3n) is 21.0. The van der Waals surface area contributed by atoms with Gasteiger partial charge in [-0.1, -0.05) is 237 Å². The molecule has 120 heavy (non-hydrogen) atoms. The number of hydrogen-bond acceptors (Lipinski definition) is 18. The zero-order valence-corrected chi connectivity index (χ0v) is 73.3. The maximum absolute atomic E-state index is 15.2. The molecule has 0 aliphatic heterocycles. The first kappa shape index (κ1) is 98.2. The molecule has 26 heteroatoms. The van der Waals surface area contributed by atoms with E-state index in [0.717, 1.165) is 72.8 Å². The van der Waals surface area contributed by atoms with Crippen molar-refractivity contribution < 1.29 is 86.0 Å². The quantitative estimate of drug-likeness (QED) is 0.00776. The predicted octanol–water partition coefficient (Wildman–Crippen LogP) is 13.0. The van der Waals surface area contributed by atoms with E-state index in [4.69, 9.17) is 28.4 Å². The average molecular weight is 1660 g/mol. The molecule has 5 aromatic rings. The Morgan fingerprint density at radius 2 is 0.908 bits per heavy atom. The molecular formula is C94H132N8O18. The summed E-state index contributed by atoms with van der Waals surface area (Å²) in [6.07, 6.45) is 6.27. The Kier molecular flexibility index (Phi) is 40.7. The van der Waals surface area contributed by atoms with Gasteiger partial charge in [-0.25, -0.2) is 14.4 Å². The van der Waals surface area contributed by atoms with Gasteiger partial charge in [0.05, 0.1) is 33.1 Å². The zero-order chi connectivity index (χ0) is 88.2. The molecule has 9 atom stereocenters. The number of carbonyl (C=O) groups is 12. The number of benzene rings is 5. The van der Waals surface area contributed by atoms with E-state index in [-0.39, 0.29) is 75.4 Å². The van der Waals surface area contributed by atoms with E-state index in [1.807, 2.05) is 131 Å². The van der Waals surface area contributed by atoms with Crippen LogP contribution in [0.25, 0.3) is 11.1 Å². The molecule has 0 radical (unpaired) electrons. The second kappa shape index (κ2) is 49.8. The van der Waals surface area contributed by atoms with E-state index < -0.39 is 156 Å². The maximum atomic E-state index is 15.2. The monoisotopic (exact) mass is 1660 g/mol. The van der Waals surface area contributed by atoms with E-state index in [2.05, 4.69) is 49.5 Å².